The molecule has 204 valence electrons. The SMILES string of the molecule is NC1CCC(Nc2nc(NC3CCN(Cc4c(F)cccc4Cl)CC3)c3ncn(C4CCCC4)c3n2)CC1. The molecule has 2 saturated carbocycles. The Balaban J connectivity index is 1.18. The molecule has 1 aromatic carbocycles. The number of hydrogen-bond acceptors (Lipinski definition) is 7. The van der Waals surface area contributed by atoms with Crippen LogP contribution in [-0.4, -0.2) is 55.6 Å². The van der Waals surface area contributed by atoms with Crippen molar-refractivity contribution in [2.45, 2.75) is 94.9 Å². The first-order valence-electron chi connectivity index (χ1n) is 14.2. The average molecular weight is 541 g/mol. The zero-order valence-corrected chi connectivity index (χ0v) is 22.6. The van der Waals surface area contributed by atoms with Crippen LogP contribution in [0.15, 0.2) is 24.5 Å². The summed E-state index contributed by atoms with van der Waals surface area (Å²) in [5.74, 6) is 1.24. The van der Waals surface area contributed by atoms with Crippen LogP contribution in [0.4, 0.5) is 16.2 Å². The molecule has 0 spiro atoms. The van der Waals surface area contributed by atoms with Gasteiger partial charge in [0.15, 0.2) is 17.0 Å². The molecule has 0 radical (unpaired) electrons. The number of benzene rings is 1. The maximum absolute atomic E-state index is 14.3. The Morgan fingerprint density at radius 1 is 0.947 bits per heavy atom. The smallest absolute Gasteiger partial charge is 0.227 e. The molecule has 3 heterocycles. The maximum atomic E-state index is 14.3. The second-order valence-electron chi connectivity index (χ2n) is 11.3. The van der Waals surface area contributed by atoms with E-state index in [1.807, 2.05) is 6.33 Å². The molecule has 3 aromatic rings. The van der Waals surface area contributed by atoms with Gasteiger partial charge >= 0.3 is 0 Å². The Morgan fingerprint density at radius 2 is 1.68 bits per heavy atom. The highest BCUT2D eigenvalue weighted by Gasteiger charge is 2.26. The van der Waals surface area contributed by atoms with Crippen molar-refractivity contribution < 1.29 is 4.39 Å². The van der Waals surface area contributed by atoms with E-state index in [0.29, 0.717) is 41.2 Å². The van der Waals surface area contributed by atoms with E-state index in [9.17, 15) is 4.39 Å². The second-order valence-corrected chi connectivity index (χ2v) is 11.7. The maximum Gasteiger partial charge on any atom is 0.227 e. The number of fused-ring (bicyclic) bond motifs is 1. The van der Waals surface area contributed by atoms with Crippen molar-refractivity contribution in [1.82, 2.24) is 24.4 Å². The fourth-order valence-electron chi connectivity index (χ4n) is 6.31. The van der Waals surface area contributed by atoms with Gasteiger partial charge in [-0.3, -0.25) is 4.90 Å². The third-order valence-corrected chi connectivity index (χ3v) is 8.97. The highest BCUT2D eigenvalue weighted by atomic mass is 35.5. The molecule has 3 fully saturated rings. The molecule has 0 unspecified atom stereocenters. The first-order chi connectivity index (χ1) is 18.5. The number of anilines is 2. The number of nitrogens with one attached hydrogen (secondary N) is 2. The van der Waals surface area contributed by atoms with Crippen molar-refractivity contribution in [3.8, 4) is 0 Å². The Kier molecular flexibility index (Phi) is 7.68. The van der Waals surface area contributed by atoms with Crippen molar-refractivity contribution in [1.29, 1.82) is 0 Å². The Labute approximate surface area is 228 Å². The van der Waals surface area contributed by atoms with Gasteiger partial charge in [-0.25, -0.2) is 9.37 Å². The molecule has 0 amide bonds. The summed E-state index contributed by atoms with van der Waals surface area (Å²) in [7, 11) is 0. The topological polar surface area (TPSA) is 96.9 Å². The van der Waals surface area contributed by atoms with Crippen molar-refractivity contribution >= 4 is 34.5 Å². The number of hydrogen-bond donors (Lipinski definition) is 3. The lowest BCUT2D eigenvalue weighted by Gasteiger charge is -2.33. The number of piperidine rings is 1. The molecule has 38 heavy (non-hydrogen) atoms. The molecule has 1 aliphatic heterocycles. The van der Waals surface area contributed by atoms with Gasteiger partial charge in [0, 0.05) is 54.4 Å². The number of rotatable bonds is 7. The van der Waals surface area contributed by atoms with Crippen LogP contribution >= 0.6 is 11.6 Å². The summed E-state index contributed by atoms with van der Waals surface area (Å²) in [4.78, 5) is 17.0. The van der Waals surface area contributed by atoms with E-state index in [0.717, 1.165) is 68.6 Å². The molecule has 0 atom stereocenters. The van der Waals surface area contributed by atoms with E-state index >= 15 is 0 Å². The minimum Gasteiger partial charge on any atom is -0.365 e. The van der Waals surface area contributed by atoms with E-state index in [2.05, 4.69) is 20.1 Å². The highest BCUT2D eigenvalue weighted by Crippen LogP contribution is 2.34. The summed E-state index contributed by atoms with van der Waals surface area (Å²) in [5.41, 5.74) is 8.46. The third kappa shape index (κ3) is 5.60. The van der Waals surface area contributed by atoms with Crippen molar-refractivity contribution in [3.63, 3.8) is 0 Å². The summed E-state index contributed by atoms with van der Waals surface area (Å²) in [6.07, 6.45) is 12.8. The lowest BCUT2D eigenvalue weighted by molar-refractivity contribution is 0.209. The van der Waals surface area contributed by atoms with Crippen LogP contribution in [0.2, 0.25) is 5.02 Å². The summed E-state index contributed by atoms with van der Waals surface area (Å²) < 4.78 is 16.6. The Bertz CT molecular complexity index is 1220. The van der Waals surface area contributed by atoms with Gasteiger partial charge in [-0.1, -0.05) is 30.5 Å². The van der Waals surface area contributed by atoms with Gasteiger partial charge < -0.3 is 20.9 Å². The third-order valence-electron chi connectivity index (χ3n) is 8.62. The average Bonchev–Trinajstić information content (AvgIpc) is 3.59. The van der Waals surface area contributed by atoms with Gasteiger partial charge in [0.25, 0.3) is 0 Å². The largest absolute Gasteiger partial charge is 0.365 e. The molecule has 1 saturated heterocycles. The zero-order chi connectivity index (χ0) is 26.1. The van der Waals surface area contributed by atoms with Gasteiger partial charge in [0.1, 0.15) is 5.82 Å². The van der Waals surface area contributed by atoms with Crippen LogP contribution in [0.1, 0.15) is 75.8 Å². The molecule has 4 N–H and O–H groups in total. The van der Waals surface area contributed by atoms with Gasteiger partial charge in [0.2, 0.25) is 5.95 Å². The van der Waals surface area contributed by atoms with Gasteiger partial charge in [-0.15, -0.1) is 0 Å². The van der Waals surface area contributed by atoms with Crippen LogP contribution in [0.3, 0.4) is 0 Å². The molecule has 10 heteroatoms. The van der Waals surface area contributed by atoms with Gasteiger partial charge in [-0.2, -0.15) is 9.97 Å². The van der Waals surface area contributed by atoms with E-state index < -0.39 is 0 Å². The van der Waals surface area contributed by atoms with Gasteiger partial charge in [-0.05, 0) is 63.5 Å². The predicted molar refractivity (Wildman–Crippen MR) is 150 cm³/mol. The van der Waals surface area contributed by atoms with Gasteiger partial charge in [0.05, 0.1) is 6.33 Å². The molecule has 2 aromatic heterocycles. The molecular formula is C28H38ClFN8. The minimum atomic E-state index is -0.237. The lowest BCUT2D eigenvalue weighted by atomic mass is 9.92. The lowest BCUT2D eigenvalue weighted by Crippen LogP contribution is -2.39. The first-order valence-corrected chi connectivity index (χ1v) is 14.6. The van der Waals surface area contributed by atoms with Crippen LogP contribution < -0.4 is 16.4 Å². The normalized spacial score (nSPS) is 23.8. The molecular weight excluding hydrogens is 503 g/mol. The van der Waals surface area contributed by atoms with E-state index in [-0.39, 0.29) is 11.9 Å². The summed E-state index contributed by atoms with van der Waals surface area (Å²) in [6.45, 7) is 2.25. The fraction of sp³-hybridized carbons (Fsp3) is 0.607. The molecule has 2 aliphatic carbocycles. The zero-order valence-electron chi connectivity index (χ0n) is 21.9. The molecule has 6 rings (SSSR count). The predicted octanol–water partition coefficient (Wildman–Crippen LogP) is 5.49. The monoisotopic (exact) mass is 540 g/mol. The van der Waals surface area contributed by atoms with Crippen LogP contribution in [0.25, 0.3) is 11.2 Å². The number of nitrogens with zero attached hydrogens (tertiary/aromatic N) is 5. The van der Waals surface area contributed by atoms with E-state index in [4.69, 9.17) is 32.3 Å². The van der Waals surface area contributed by atoms with Crippen LogP contribution in [0.5, 0.6) is 0 Å². The van der Waals surface area contributed by atoms with Crippen molar-refractivity contribution in [2.24, 2.45) is 5.73 Å². The van der Waals surface area contributed by atoms with Crippen molar-refractivity contribution in [3.05, 3.63) is 40.9 Å². The highest BCUT2D eigenvalue weighted by molar-refractivity contribution is 6.31. The summed E-state index contributed by atoms with van der Waals surface area (Å²) in [5, 5.41) is 7.81. The quantitative estimate of drug-likeness (QED) is 0.364. The molecule has 3 aliphatic rings. The Hall–Kier alpha value is -2.49. The first kappa shape index (κ1) is 25.8. The Morgan fingerprint density at radius 3 is 2.42 bits per heavy atom. The number of likely N-dealkylation sites (tertiary alicyclic amines) is 1. The summed E-state index contributed by atoms with van der Waals surface area (Å²) >= 11 is 6.27. The molecule has 0 bridgehead atoms. The summed E-state index contributed by atoms with van der Waals surface area (Å²) in [6, 6.07) is 6.25. The number of aromatic nitrogens is 4. The fourth-order valence-corrected chi connectivity index (χ4v) is 6.54. The van der Waals surface area contributed by atoms with Crippen LogP contribution in [-0.2, 0) is 6.54 Å². The number of nitrogens with two attached hydrogens (primary N) is 1. The second kappa shape index (κ2) is 11.3. The molecule has 8 nitrogen and oxygen atoms in total. The van der Waals surface area contributed by atoms with E-state index in [1.165, 1.54) is 31.7 Å². The number of halogens is 2. The standard InChI is InChI=1S/C28H38ClFN8/c29-23-6-3-7-24(30)22(23)16-37-14-12-20(13-15-37)33-26-25-27(38(17-32-25)21-4-1-2-5-21)36-28(35-26)34-19-10-8-18(31)9-11-19/h3,6-7,17-21H,1-2,4-5,8-16,31H2,(H2,33,34,35,36). The van der Waals surface area contributed by atoms with Crippen LogP contribution in [0, 0.1) is 5.82 Å². The van der Waals surface area contributed by atoms with E-state index in [1.54, 1.807) is 12.1 Å². The van der Waals surface area contributed by atoms with Crippen molar-refractivity contribution in [2.75, 3.05) is 23.7 Å². The minimum absolute atomic E-state index is 0.237. The number of imidazole rings is 1.